The van der Waals surface area contributed by atoms with Crippen LogP contribution in [0.1, 0.15) is 43.0 Å². The van der Waals surface area contributed by atoms with E-state index in [-0.39, 0.29) is 11.9 Å². The Balaban J connectivity index is 1.79. The first-order chi connectivity index (χ1) is 14.6. The van der Waals surface area contributed by atoms with Crippen LogP contribution in [0.4, 0.5) is 5.13 Å². The van der Waals surface area contributed by atoms with E-state index >= 15 is 0 Å². The van der Waals surface area contributed by atoms with Gasteiger partial charge in [-0.2, -0.15) is 5.10 Å². The van der Waals surface area contributed by atoms with Crippen LogP contribution < -0.4 is 9.64 Å². The number of pyridine rings is 1. The summed E-state index contributed by atoms with van der Waals surface area (Å²) < 4.78 is 8.42. The molecule has 0 saturated carbocycles. The third-order valence-electron chi connectivity index (χ3n) is 4.57. The monoisotopic (exact) mass is 421 g/mol. The number of amides is 1. The average Bonchev–Trinajstić information content (AvgIpc) is 3.40. The Morgan fingerprint density at radius 2 is 2.03 bits per heavy atom. The Morgan fingerprint density at radius 3 is 2.77 bits per heavy atom. The summed E-state index contributed by atoms with van der Waals surface area (Å²) in [6, 6.07) is 13.3. The van der Waals surface area contributed by atoms with Crippen molar-refractivity contribution in [2.75, 3.05) is 11.5 Å². The van der Waals surface area contributed by atoms with Gasteiger partial charge in [0.2, 0.25) is 0 Å². The van der Waals surface area contributed by atoms with E-state index in [1.807, 2.05) is 57.2 Å². The largest absolute Gasteiger partial charge is 0.492 e. The second kappa shape index (κ2) is 8.62. The Bertz CT molecular complexity index is 1150. The number of rotatable bonds is 7. The van der Waals surface area contributed by atoms with Gasteiger partial charge in [-0.1, -0.05) is 23.5 Å². The molecule has 0 aliphatic carbocycles. The van der Waals surface area contributed by atoms with Crippen molar-refractivity contribution >= 4 is 32.6 Å². The SMILES string of the molecule is CCOc1cccc2sc(N(Cc3ccccn3)C(=O)c3ccnn3C(C)C)nc12. The number of para-hydroxylation sites is 1. The molecule has 1 aromatic carbocycles. The highest BCUT2D eigenvalue weighted by Gasteiger charge is 2.26. The summed E-state index contributed by atoms with van der Waals surface area (Å²) in [4.78, 5) is 24.4. The molecular weight excluding hydrogens is 398 g/mol. The van der Waals surface area contributed by atoms with Gasteiger partial charge in [0.1, 0.15) is 17.0 Å². The average molecular weight is 422 g/mol. The lowest BCUT2D eigenvalue weighted by Gasteiger charge is -2.21. The molecule has 3 heterocycles. The summed E-state index contributed by atoms with van der Waals surface area (Å²) in [6.07, 6.45) is 3.37. The zero-order valence-corrected chi connectivity index (χ0v) is 18.0. The van der Waals surface area contributed by atoms with E-state index in [1.165, 1.54) is 11.3 Å². The van der Waals surface area contributed by atoms with Crippen LogP contribution >= 0.6 is 11.3 Å². The Hall–Kier alpha value is -3.26. The Labute approximate surface area is 179 Å². The van der Waals surface area contributed by atoms with E-state index in [0.29, 0.717) is 24.0 Å². The predicted octanol–water partition coefficient (Wildman–Crippen LogP) is 4.71. The van der Waals surface area contributed by atoms with Crippen LogP contribution in [0.3, 0.4) is 0 Å². The highest BCUT2D eigenvalue weighted by molar-refractivity contribution is 7.22. The fourth-order valence-electron chi connectivity index (χ4n) is 3.21. The molecule has 0 aliphatic heterocycles. The van der Waals surface area contributed by atoms with Crippen LogP contribution in [-0.4, -0.2) is 32.3 Å². The molecule has 154 valence electrons. The van der Waals surface area contributed by atoms with Crippen molar-refractivity contribution in [1.82, 2.24) is 19.7 Å². The summed E-state index contributed by atoms with van der Waals surface area (Å²) in [6.45, 7) is 6.80. The highest BCUT2D eigenvalue weighted by Crippen LogP contribution is 2.35. The van der Waals surface area contributed by atoms with Crippen molar-refractivity contribution in [3.63, 3.8) is 0 Å². The molecule has 0 spiro atoms. The van der Waals surface area contributed by atoms with Crippen molar-refractivity contribution in [1.29, 1.82) is 0 Å². The number of nitrogens with zero attached hydrogens (tertiary/aromatic N) is 5. The maximum atomic E-state index is 13.6. The lowest BCUT2D eigenvalue weighted by atomic mass is 10.3. The molecule has 0 aliphatic rings. The van der Waals surface area contributed by atoms with Gasteiger partial charge in [-0.05, 0) is 51.1 Å². The van der Waals surface area contributed by atoms with E-state index in [2.05, 4.69) is 10.1 Å². The molecule has 30 heavy (non-hydrogen) atoms. The van der Waals surface area contributed by atoms with Crippen molar-refractivity contribution in [2.45, 2.75) is 33.4 Å². The zero-order chi connectivity index (χ0) is 21.1. The molecule has 0 bridgehead atoms. The minimum Gasteiger partial charge on any atom is -0.492 e. The van der Waals surface area contributed by atoms with Crippen LogP contribution in [0.15, 0.2) is 54.9 Å². The number of aromatic nitrogens is 4. The van der Waals surface area contributed by atoms with Crippen molar-refractivity contribution in [3.8, 4) is 5.75 Å². The number of carbonyl (C=O) groups is 1. The Morgan fingerprint density at radius 1 is 1.17 bits per heavy atom. The molecule has 0 fully saturated rings. The fraction of sp³-hybridized carbons (Fsp3) is 0.273. The van der Waals surface area contributed by atoms with E-state index < -0.39 is 0 Å². The van der Waals surface area contributed by atoms with Gasteiger partial charge in [0.25, 0.3) is 5.91 Å². The van der Waals surface area contributed by atoms with E-state index in [9.17, 15) is 4.79 Å². The van der Waals surface area contributed by atoms with Crippen molar-refractivity contribution in [2.24, 2.45) is 0 Å². The van der Waals surface area contributed by atoms with E-state index in [1.54, 1.807) is 28.0 Å². The molecule has 0 N–H and O–H groups in total. The topological polar surface area (TPSA) is 73.1 Å². The first-order valence-electron chi connectivity index (χ1n) is 9.86. The number of thiazole rings is 1. The Kier molecular flexibility index (Phi) is 5.76. The van der Waals surface area contributed by atoms with Gasteiger partial charge in [-0.15, -0.1) is 0 Å². The number of fused-ring (bicyclic) bond motifs is 1. The molecule has 0 saturated heterocycles. The van der Waals surface area contributed by atoms with Crippen molar-refractivity contribution < 1.29 is 9.53 Å². The van der Waals surface area contributed by atoms with Gasteiger partial charge >= 0.3 is 0 Å². The molecule has 3 aromatic heterocycles. The normalized spacial score (nSPS) is 11.2. The molecule has 0 unspecified atom stereocenters. The molecule has 8 heteroatoms. The standard InChI is InChI=1S/C22H23N5O2S/c1-4-29-18-9-7-10-19-20(18)25-22(30-19)26(14-16-8-5-6-12-23-16)21(28)17-11-13-24-27(17)15(2)3/h5-13,15H,4,14H2,1-3H3. The molecule has 1 amide bonds. The van der Waals surface area contributed by atoms with Gasteiger partial charge < -0.3 is 4.74 Å². The lowest BCUT2D eigenvalue weighted by molar-refractivity contribution is 0.0972. The maximum absolute atomic E-state index is 13.6. The second-order valence-corrected chi connectivity index (χ2v) is 8.01. The number of hydrogen-bond donors (Lipinski definition) is 0. The summed E-state index contributed by atoms with van der Waals surface area (Å²) in [7, 11) is 0. The molecule has 0 atom stereocenters. The highest BCUT2D eigenvalue weighted by atomic mass is 32.1. The van der Waals surface area contributed by atoms with Crippen molar-refractivity contribution in [3.05, 3.63) is 66.2 Å². The van der Waals surface area contributed by atoms with Gasteiger partial charge in [0.15, 0.2) is 5.13 Å². The molecular formula is C22H23N5O2S. The van der Waals surface area contributed by atoms with Crippen LogP contribution in [0.5, 0.6) is 5.75 Å². The second-order valence-electron chi connectivity index (χ2n) is 7.00. The quantitative estimate of drug-likeness (QED) is 0.432. The smallest absolute Gasteiger partial charge is 0.278 e. The molecule has 0 radical (unpaired) electrons. The molecule has 4 aromatic rings. The lowest BCUT2D eigenvalue weighted by Crippen LogP contribution is -2.32. The number of hydrogen-bond acceptors (Lipinski definition) is 6. The minimum atomic E-state index is -0.163. The van der Waals surface area contributed by atoms with Gasteiger partial charge in [-0.25, -0.2) is 4.98 Å². The minimum absolute atomic E-state index is 0.0653. The van der Waals surface area contributed by atoms with E-state index in [0.717, 1.165) is 21.7 Å². The first kappa shape index (κ1) is 20.0. The van der Waals surface area contributed by atoms with Crippen LogP contribution in [0.25, 0.3) is 10.2 Å². The van der Waals surface area contributed by atoms with Crippen LogP contribution in [-0.2, 0) is 6.54 Å². The summed E-state index contributed by atoms with van der Waals surface area (Å²) >= 11 is 1.46. The van der Waals surface area contributed by atoms with Gasteiger partial charge in [0, 0.05) is 18.4 Å². The molecule has 4 rings (SSSR count). The summed E-state index contributed by atoms with van der Waals surface area (Å²) in [5.74, 6) is 0.554. The number of anilines is 1. The third-order valence-corrected chi connectivity index (χ3v) is 5.61. The number of ether oxygens (including phenoxy) is 1. The summed E-state index contributed by atoms with van der Waals surface area (Å²) in [5, 5.41) is 4.92. The first-order valence-corrected chi connectivity index (χ1v) is 10.7. The third kappa shape index (κ3) is 3.91. The van der Waals surface area contributed by atoms with Crippen LogP contribution in [0.2, 0.25) is 0 Å². The fourth-order valence-corrected chi connectivity index (χ4v) is 4.19. The number of carbonyl (C=O) groups excluding carboxylic acids is 1. The van der Waals surface area contributed by atoms with Crippen LogP contribution in [0, 0.1) is 0 Å². The maximum Gasteiger partial charge on any atom is 0.278 e. The number of benzene rings is 1. The van der Waals surface area contributed by atoms with Gasteiger partial charge in [-0.3, -0.25) is 19.4 Å². The van der Waals surface area contributed by atoms with E-state index in [4.69, 9.17) is 9.72 Å². The summed E-state index contributed by atoms with van der Waals surface area (Å²) in [5.41, 5.74) is 2.06. The molecule has 7 nitrogen and oxygen atoms in total. The van der Waals surface area contributed by atoms with Gasteiger partial charge in [0.05, 0.1) is 23.5 Å². The predicted molar refractivity (Wildman–Crippen MR) is 118 cm³/mol. The zero-order valence-electron chi connectivity index (χ0n) is 17.1.